The van der Waals surface area contributed by atoms with E-state index in [0.717, 1.165) is 5.13 Å². The number of aromatic nitrogens is 2. The average Bonchev–Trinajstić information content (AvgIpc) is 2.95. The quantitative estimate of drug-likeness (QED) is 0.732. The lowest BCUT2D eigenvalue weighted by Gasteiger charge is -2.40. The highest BCUT2D eigenvalue weighted by Crippen LogP contribution is 2.37. The van der Waals surface area contributed by atoms with Gasteiger partial charge in [0.2, 0.25) is 10.3 Å². The molecule has 9 heteroatoms. The Morgan fingerprint density at radius 1 is 1.20 bits per heavy atom. The molecule has 2 saturated heterocycles. The van der Waals surface area contributed by atoms with Crippen LogP contribution in [-0.2, 0) is 4.79 Å². The van der Waals surface area contributed by atoms with Gasteiger partial charge in [0.25, 0.3) is 5.91 Å². The first-order valence-corrected chi connectivity index (χ1v) is 7.17. The third-order valence-corrected chi connectivity index (χ3v) is 5.02. The third-order valence-electron chi connectivity index (χ3n) is 4.21. The van der Waals surface area contributed by atoms with Crippen LogP contribution in [0, 0.1) is 0 Å². The zero-order valence-corrected chi connectivity index (χ0v) is 12.2. The van der Waals surface area contributed by atoms with Gasteiger partial charge >= 0.3 is 6.03 Å². The number of hydrogen-bond donors (Lipinski definition) is 1. The molecule has 20 heavy (non-hydrogen) atoms. The summed E-state index contributed by atoms with van der Waals surface area (Å²) in [5.74, 6) is -0.110. The number of amides is 3. The van der Waals surface area contributed by atoms with Crippen molar-refractivity contribution >= 4 is 33.5 Å². The molecule has 0 aromatic carbocycles. The van der Waals surface area contributed by atoms with Crippen LogP contribution in [0.3, 0.4) is 0 Å². The molecule has 3 amide bonds. The van der Waals surface area contributed by atoms with Crippen LogP contribution in [0.4, 0.5) is 15.1 Å². The standard InChI is InChI=1S/C11H16N6O2S/c1-15-7(18)11(16(2)10(15)19)3-5-17(6-4-11)9-14-13-8(12)20-9/h3-6H2,1-2H3,(H2,12,13). The Morgan fingerprint density at radius 3 is 2.30 bits per heavy atom. The van der Waals surface area contributed by atoms with E-state index in [0.29, 0.717) is 31.1 Å². The van der Waals surface area contributed by atoms with Crippen molar-refractivity contribution in [2.24, 2.45) is 0 Å². The Bertz CT molecular complexity index is 565. The molecule has 2 N–H and O–H groups in total. The van der Waals surface area contributed by atoms with Crippen LogP contribution in [-0.4, -0.2) is 64.7 Å². The van der Waals surface area contributed by atoms with Crippen molar-refractivity contribution in [3.63, 3.8) is 0 Å². The summed E-state index contributed by atoms with van der Waals surface area (Å²) in [6.07, 6.45) is 1.19. The van der Waals surface area contributed by atoms with Gasteiger partial charge in [-0.2, -0.15) is 0 Å². The number of nitrogens with two attached hydrogens (primary N) is 1. The van der Waals surface area contributed by atoms with Crippen LogP contribution in [0.15, 0.2) is 0 Å². The van der Waals surface area contributed by atoms with Gasteiger partial charge in [0.1, 0.15) is 5.54 Å². The van der Waals surface area contributed by atoms with Gasteiger partial charge in [-0.15, -0.1) is 10.2 Å². The Labute approximate surface area is 120 Å². The zero-order valence-electron chi connectivity index (χ0n) is 11.4. The van der Waals surface area contributed by atoms with Crippen molar-refractivity contribution in [3.05, 3.63) is 0 Å². The second kappa shape index (κ2) is 4.30. The minimum absolute atomic E-state index is 0.110. The number of carbonyl (C=O) groups excluding carboxylic acids is 2. The van der Waals surface area contributed by atoms with E-state index in [1.165, 1.54) is 23.3 Å². The normalized spacial score (nSPS) is 22.2. The molecule has 1 aromatic heterocycles. The maximum Gasteiger partial charge on any atom is 0.327 e. The second-order valence-corrected chi connectivity index (χ2v) is 6.13. The molecule has 2 aliphatic rings. The largest absolute Gasteiger partial charge is 0.374 e. The molecular weight excluding hydrogens is 280 g/mol. The topological polar surface area (TPSA) is 95.7 Å². The maximum atomic E-state index is 12.3. The predicted octanol–water partition coefficient (Wildman–Crippen LogP) is -0.0169. The summed E-state index contributed by atoms with van der Waals surface area (Å²) in [6, 6.07) is -0.233. The summed E-state index contributed by atoms with van der Waals surface area (Å²) in [5.41, 5.74) is 4.89. The van der Waals surface area contributed by atoms with E-state index < -0.39 is 5.54 Å². The number of hydrogen-bond acceptors (Lipinski definition) is 7. The highest BCUT2D eigenvalue weighted by molar-refractivity contribution is 7.18. The number of anilines is 2. The fourth-order valence-corrected chi connectivity index (χ4v) is 3.58. The Balaban J connectivity index is 1.78. The molecule has 0 saturated carbocycles. The molecule has 108 valence electrons. The number of nitrogen functional groups attached to an aromatic ring is 1. The van der Waals surface area contributed by atoms with Gasteiger partial charge in [0, 0.05) is 27.2 Å². The van der Waals surface area contributed by atoms with Crippen molar-refractivity contribution in [1.82, 2.24) is 20.0 Å². The smallest absolute Gasteiger partial charge is 0.327 e. The van der Waals surface area contributed by atoms with Gasteiger partial charge in [0.15, 0.2) is 0 Å². The average molecular weight is 296 g/mol. The van der Waals surface area contributed by atoms with Gasteiger partial charge in [-0.1, -0.05) is 11.3 Å². The first-order valence-electron chi connectivity index (χ1n) is 6.35. The van der Waals surface area contributed by atoms with E-state index in [9.17, 15) is 9.59 Å². The number of nitrogens with zero attached hydrogens (tertiary/aromatic N) is 5. The minimum Gasteiger partial charge on any atom is -0.374 e. The first kappa shape index (κ1) is 13.1. The van der Waals surface area contributed by atoms with E-state index in [1.807, 2.05) is 0 Å². The molecule has 0 radical (unpaired) electrons. The molecule has 2 fully saturated rings. The van der Waals surface area contributed by atoms with Crippen LogP contribution in [0.25, 0.3) is 0 Å². The maximum absolute atomic E-state index is 12.3. The number of likely N-dealkylation sites (N-methyl/N-ethyl adjacent to an activating group) is 2. The minimum atomic E-state index is -0.696. The molecule has 3 rings (SSSR count). The van der Waals surface area contributed by atoms with Gasteiger partial charge < -0.3 is 15.5 Å². The predicted molar refractivity (Wildman–Crippen MR) is 74.4 cm³/mol. The molecular formula is C11H16N6O2S. The Hall–Kier alpha value is -1.90. The lowest BCUT2D eigenvalue weighted by molar-refractivity contribution is -0.133. The summed E-state index contributed by atoms with van der Waals surface area (Å²) in [4.78, 5) is 29.1. The molecule has 0 aliphatic carbocycles. The van der Waals surface area contributed by atoms with E-state index in [-0.39, 0.29) is 11.9 Å². The molecule has 0 bridgehead atoms. The Morgan fingerprint density at radius 2 is 1.85 bits per heavy atom. The molecule has 8 nitrogen and oxygen atoms in total. The van der Waals surface area contributed by atoms with E-state index >= 15 is 0 Å². The summed E-state index contributed by atoms with van der Waals surface area (Å²) < 4.78 is 0. The summed E-state index contributed by atoms with van der Waals surface area (Å²) in [6.45, 7) is 1.32. The molecule has 2 aliphatic heterocycles. The van der Waals surface area contributed by atoms with Gasteiger partial charge in [0.05, 0.1) is 0 Å². The third kappa shape index (κ3) is 1.65. The number of carbonyl (C=O) groups is 2. The van der Waals surface area contributed by atoms with E-state index in [2.05, 4.69) is 15.1 Å². The number of imide groups is 1. The highest BCUT2D eigenvalue weighted by Gasteiger charge is 2.55. The molecule has 1 spiro atoms. The van der Waals surface area contributed by atoms with Crippen molar-refractivity contribution in [2.75, 3.05) is 37.8 Å². The number of piperidine rings is 1. The molecule has 0 unspecified atom stereocenters. The Kier molecular flexibility index (Phi) is 2.82. The van der Waals surface area contributed by atoms with Crippen molar-refractivity contribution in [1.29, 1.82) is 0 Å². The first-order chi connectivity index (χ1) is 9.45. The van der Waals surface area contributed by atoms with Crippen LogP contribution in [0.1, 0.15) is 12.8 Å². The molecule has 3 heterocycles. The zero-order chi connectivity index (χ0) is 14.5. The molecule has 1 aromatic rings. The van der Waals surface area contributed by atoms with Crippen molar-refractivity contribution < 1.29 is 9.59 Å². The van der Waals surface area contributed by atoms with Gasteiger partial charge in [-0.3, -0.25) is 9.69 Å². The van der Waals surface area contributed by atoms with Crippen LogP contribution in [0.2, 0.25) is 0 Å². The summed E-state index contributed by atoms with van der Waals surface area (Å²) in [7, 11) is 3.23. The van der Waals surface area contributed by atoms with Gasteiger partial charge in [-0.25, -0.2) is 4.79 Å². The summed E-state index contributed by atoms with van der Waals surface area (Å²) >= 11 is 1.33. The summed E-state index contributed by atoms with van der Waals surface area (Å²) in [5, 5.41) is 9.02. The van der Waals surface area contributed by atoms with Crippen LogP contribution < -0.4 is 10.6 Å². The van der Waals surface area contributed by atoms with E-state index in [4.69, 9.17) is 5.73 Å². The second-order valence-electron chi connectivity index (χ2n) is 5.15. The number of urea groups is 1. The van der Waals surface area contributed by atoms with Crippen molar-refractivity contribution in [3.8, 4) is 0 Å². The van der Waals surface area contributed by atoms with E-state index in [1.54, 1.807) is 11.9 Å². The lowest BCUT2D eigenvalue weighted by atomic mass is 9.86. The van der Waals surface area contributed by atoms with Gasteiger partial charge in [-0.05, 0) is 12.8 Å². The van der Waals surface area contributed by atoms with Crippen LogP contribution in [0.5, 0.6) is 0 Å². The molecule has 0 atom stereocenters. The fourth-order valence-electron chi connectivity index (χ4n) is 2.92. The van der Waals surface area contributed by atoms with Crippen LogP contribution >= 0.6 is 11.3 Å². The fraction of sp³-hybridized carbons (Fsp3) is 0.636. The SMILES string of the molecule is CN1C(=O)N(C)C2(CCN(c3nnc(N)s3)CC2)C1=O. The highest BCUT2D eigenvalue weighted by atomic mass is 32.1. The number of rotatable bonds is 1. The van der Waals surface area contributed by atoms with Crippen molar-refractivity contribution in [2.45, 2.75) is 18.4 Å². The lowest BCUT2D eigenvalue weighted by Crippen LogP contribution is -2.55. The monoisotopic (exact) mass is 296 g/mol.